The molecule has 0 radical (unpaired) electrons. The molecule has 9 nitrogen and oxygen atoms in total. The lowest BCUT2D eigenvalue weighted by Crippen LogP contribution is -2.00. The van der Waals surface area contributed by atoms with Crippen LogP contribution < -0.4 is 0 Å². The predicted octanol–water partition coefficient (Wildman–Crippen LogP) is 30.1. The molecule has 0 saturated carbocycles. The lowest BCUT2D eigenvalue weighted by molar-refractivity contribution is 0.670. The van der Waals surface area contributed by atoms with E-state index in [-0.39, 0.29) is 0 Å². The van der Waals surface area contributed by atoms with Gasteiger partial charge < -0.3 is 4.42 Å². The number of hydrogen-bond donors (Lipinski definition) is 0. The third-order valence-corrected chi connectivity index (χ3v) is 23.4. The van der Waals surface area contributed by atoms with Crippen molar-refractivity contribution < 1.29 is 4.42 Å². The van der Waals surface area contributed by atoms with E-state index in [0.717, 1.165) is 166 Å². The van der Waals surface area contributed by atoms with Gasteiger partial charge in [0.15, 0.2) is 34.9 Å². The van der Waals surface area contributed by atoms with E-state index < -0.39 is 0 Å². The maximum Gasteiger partial charge on any atom is 0.164 e. The molecule has 0 aliphatic heterocycles. The van der Waals surface area contributed by atoms with Gasteiger partial charge in [-0.2, -0.15) is 0 Å². The first kappa shape index (κ1) is 74.4. The molecule has 0 aliphatic carbocycles. The molecule has 0 bridgehead atoms. The van der Waals surface area contributed by atoms with E-state index in [1.165, 1.54) is 33.0 Å². The average molecular weight is 1600 g/mol. The highest BCUT2D eigenvalue weighted by Crippen LogP contribution is 2.45. The largest absolute Gasteiger partial charge is 0.455 e. The zero-order valence-corrected chi connectivity index (χ0v) is 67.7. The van der Waals surface area contributed by atoms with Crippen molar-refractivity contribution in [2.75, 3.05) is 0 Å². The summed E-state index contributed by atoms with van der Waals surface area (Å²) in [6.07, 6.45) is 0. The van der Waals surface area contributed by atoms with Crippen LogP contribution in [0.2, 0.25) is 0 Å². The first-order valence-electron chi connectivity index (χ1n) is 42.0. The van der Waals surface area contributed by atoms with Crippen LogP contribution in [0.1, 0.15) is 0 Å². The second-order valence-electron chi connectivity index (χ2n) is 31.2. The molecule has 125 heavy (non-hydrogen) atoms. The molecule has 0 N–H and O–H groups in total. The minimum absolute atomic E-state index is 0.598. The lowest BCUT2D eigenvalue weighted by atomic mass is 9.92. The summed E-state index contributed by atoms with van der Waals surface area (Å²) in [4.78, 5) is 41.5. The zero-order chi connectivity index (χ0) is 82.9. The molecule has 18 aromatic carbocycles. The summed E-state index contributed by atoms with van der Waals surface area (Å²) < 4.78 is 6.37. The number of aromatic nitrogens is 8. The number of para-hydroxylation sites is 2. The van der Waals surface area contributed by atoms with E-state index in [1.807, 2.05) is 97.1 Å². The molecule has 23 aromatic rings. The molecule has 584 valence electrons. The molecule has 0 unspecified atom stereocenters. The van der Waals surface area contributed by atoms with Crippen LogP contribution in [0.3, 0.4) is 0 Å². The predicted molar refractivity (Wildman–Crippen MR) is 514 cm³/mol. The van der Waals surface area contributed by atoms with Crippen LogP contribution in [0.15, 0.2) is 453 Å². The summed E-state index contributed by atoms with van der Waals surface area (Å²) in [5.74, 6) is 3.64. The third-order valence-electron chi connectivity index (χ3n) is 23.4. The number of furan rings is 1. The Morgan fingerprint density at radius 3 is 0.848 bits per heavy atom. The molecule has 23 rings (SSSR count). The Balaban J connectivity index is 0.000000148. The Kier molecular flexibility index (Phi) is 19.5. The van der Waals surface area contributed by atoms with Crippen LogP contribution in [0.4, 0.5) is 0 Å². The smallest absolute Gasteiger partial charge is 0.164 e. The molecule has 0 atom stereocenters. The molecule has 5 aromatic heterocycles. The number of benzene rings is 18. The lowest BCUT2D eigenvalue weighted by Gasteiger charge is -2.15. The van der Waals surface area contributed by atoms with Crippen LogP contribution in [0, 0.1) is 0 Å². The van der Waals surface area contributed by atoms with Crippen LogP contribution in [-0.2, 0) is 0 Å². The fraction of sp³-hybridized carbons (Fsp3) is 0. The van der Waals surface area contributed by atoms with Gasteiger partial charge in [0.25, 0.3) is 0 Å². The maximum absolute atomic E-state index is 6.37. The Morgan fingerprint density at radius 2 is 0.416 bits per heavy atom. The van der Waals surface area contributed by atoms with Gasteiger partial charge >= 0.3 is 0 Å². The molecule has 0 fully saturated rings. The highest BCUT2D eigenvalue weighted by Gasteiger charge is 2.23. The number of hydrogen-bond acceptors (Lipinski definition) is 9. The van der Waals surface area contributed by atoms with Gasteiger partial charge in [0.1, 0.15) is 11.2 Å². The van der Waals surface area contributed by atoms with Gasteiger partial charge in [-0.25, -0.2) is 39.9 Å². The van der Waals surface area contributed by atoms with Crippen LogP contribution in [-0.4, -0.2) is 39.9 Å². The van der Waals surface area contributed by atoms with Crippen molar-refractivity contribution in [3.8, 4) is 169 Å². The summed E-state index contributed by atoms with van der Waals surface area (Å²) >= 11 is 0. The van der Waals surface area contributed by atoms with Crippen LogP contribution in [0.25, 0.3) is 234 Å². The number of fused-ring (bicyclic) bond motifs is 9. The fourth-order valence-corrected chi connectivity index (χ4v) is 17.3. The molecule has 5 heterocycles. The van der Waals surface area contributed by atoms with Gasteiger partial charge in [-0.15, -0.1) is 0 Å². The monoisotopic (exact) mass is 1590 g/mol. The summed E-state index contributed by atoms with van der Waals surface area (Å²) in [6.45, 7) is 0. The van der Waals surface area contributed by atoms with Gasteiger partial charge in [-0.1, -0.05) is 400 Å². The van der Waals surface area contributed by atoms with Crippen molar-refractivity contribution in [1.29, 1.82) is 0 Å². The van der Waals surface area contributed by atoms with Gasteiger partial charge in [0.2, 0.25) is 0 Å². The summed E-state index contributed by atoms with van der Waals surface area (Å²) in [7, 11) is 0. The molecule has 0 saturated heterocycles. The van der Waals surface area contributed by atoms with E-state index in [0.29, 0.717) is 34.9 Å². The quantitative estimate of drug-likeness (QED) is 0.0925. The Labute approximate surface area is 722 Å². The van der Waals surface area contributed by atoms with Gasteiger partial charge in [0, 0.05) is 93.2 Å². The Bertz CT molecular complexity index is 7920. The normalized spacial score (nSPS) is 11.4. The highest BCUT2D eigenvalue weighted by molar-refractivity contribution is 6.19. The molecule has 0 aliphatic rings. The number of rotatable bonds is 15. The van der Waals surface area contributed by atoms with Crippen molar-refractivity contribution in [1.82, 2.24) is 39.9 Å². The molecule has 0 spiro atoms. The molecular weight excluding hydrogens is 1520 g/mol. The standard InChI is InChI=1S/C58H36N4O.C58H38N4/c1-4-15-37(16-5-1)45-24-13-27-50-53(45)49-34-33-43(36-51(49)59-54(50)39-17-6-2-7-18-39)42-21-12-22-44(35-42)58-61-56(40-19-8-3-9-20-40)60-57(62-58)41-31-29-38(30-32-41)46-25-14-26-48-47-23-10-11-28-52(47)63-55(46)48;1-6-18-39(19-7-1)47-35-48(40-20-8-2-9-21-40)37-49(36-47)58-61-56(43-26-14-5-15-27-43)60-57(62-58)46-29-16-28-44(34-46)45-32-33-51-53(38-45)59-55(42-24-12-4-13-25-42)52-31-17-30-50(54(51)52)41-22-10-3-11-23-41/h1-36H;1-38H. The van der Waals surface area contributed by atoms with Crippen molar-refractivity contribution in [3.05, 3.63) is 449 Å². The summed E-state index contributed by atoms with van der Waals surface area (Å²) in [6, 6.07) is 156. The SMILES string of the molecule is c1ccc(-c2cc(-c3ccccc3)cc(-c3nc(-c4ccccc4)nc(-c4cccc(-c5ccc6c(c5)nc(-c5ccccc5)c5cccc(-c7ccccc7)c56)c4)n3)c2)cc1.c1ccc(-c2nc(-c3ccc(-c4cccc5c4oc4ccccc45)cc3)nc(-c3cccc(-c4ccc5c(c4)nc(-c4ccccc4)c4cccc(-c6ccccc6)c45)c3)n2)cc1. The number of nitrogens with zero attached hydrogens (tertiary/aromatic N) is 8. The van der Waals surface area contributed by atoms with Gasteiger partial charge in [0.05, 0.1) is 22.4 Å². The van der Waals surface area contributed by atoms with E-state index >= 15 is 0 Å². The molecular formula is C116H74N8O. The van der Waals surface area contributed by atoms with E-state index in [1.54, 1.807) is 0 Å². The second kappa shape index (κ2) is 32.7. The zero-order valence-electron chi connectivity index (χ0n) is 67.7. The molecule has 9 heteroatoms. The third kappa shape index (κ3) is 14.7. The first-order valence-corrected chi connectivity index (χ1v) is 42.0. The van der Waals surface area contributed by atoms with Crippen molar-refractivity contribution in [2.45, 2.75) is 0 Å². The van der Waals surface area contributed by atoms with Crippen LogP contribution >= 0.6 is 0 Å². The van der Waals surface area contributed by atoms with Gasteiger partial charge in [-0.3, -0.25) is 0 Å². The van der Waals surface area contributed by atoms with Crippen molar-refractivity contribution >= 4 is 65.3 Å². The summed E-state index contributed by atoms with van der Waals surface area (Å²) in [5.41, 5.74) is 28.6. The minimum atomic E-state index is 0.598. The molecule has 0 amide bonds. The van der Waals surface area contributed by atoms with Crippen molar-refractivity contribution in [2.24, 2.45) is 0 Å². The Hall–Kier alpha value is -16.9. The van der Waals surface area contributed by atoms with E-state index in [2.05, 4.69) is 352 Å². The number of pyridine rings is 2. The topological polar surface area (TPSA) is 116 Å². The fourth-order valence-electron chi connectivity index (χ4n) is 17.3. The second-order valence-corrected chi connectivity index (χ2v) is 31.2. The van der Waals surface area contributed by atoms with E-state index in [9.17, 15) is 0 Å². The first-order chi connectivity index (χ1) is 61.9. The minimum Gasteiger partial charge on any atom is -0.455 e. The van der Waals surface area contributed by atoms with Crippen LogP contribution in [0.5, 0.6) is 0 Å². The maximum atomic E-state index is 6.37. The van der Waals surface area contributed by atoms with Crippen molar-refractivity contribution in [3.63, 3.8) is 0 Å². The van der Waals surface area contributed by atoms with Gasteiger partial charge in [-0.05, 0) is 121 Å². The average Bonchev–Trinajstić information content (AvgIpc) is 1.38. The highest BCUT2D eigenvalue weighted by atomic mass is 16.3. The Morgan fingerprint density at radius 1 is 0.144 bits per heavy atom. The van der Waals surface area contributed by atoms with E-state index in [4.69, 9.17) is 44.3 Å². The summed E-state index contributed by atoms with van der Waals surface area (Å²) in [5, 5.41) is 9.08.